The van der Waals surface area contributed by atoms with Crippen molar-refractivity contribution in [2.45, 2.75) is 0 Å². The number of carbonyl (C=O) groups is 1. The van der Waals surface area contributed by atoms with Gasteiger partial charge in [-0.15, -0.1) is 12.4 Å². The standard InChI is InChI=1S/C24H22N6O2.ClH/c25-24(27-18-7-4-10-26-15-18)30-13-11-29(12-14-30)16-21-23(31)32-22(28-21)20-9-3-6-17-5-1-2-8-19(17)20;/h1-10,15-16H,11-14H2,(H2,25,27);1H/b21-16+;. The molecule has 3 heterocycles. The number of carbonyl (C=O) groups excluding carboxylic acids is 1. The van der Waals surface area contributed by atoms with Crippen molar-refractivity contribution in [1.29, 1.82) is 5.41 Å². The van der Waals surface area contributed by atoms with Crippen molar-refractivity contribution in [2.24, 2.45) is 4.99 Å². The molecule has 1 aromatic heterocycles. The van der Waals surface area contributed by atoms with E-state index in [0.717, 1.165) is 22.0 Å². The third-order valence-electron chi connectivity index (χ3n) is 5.50. The molecule has 9 heteroatoms. The van der Waals surface area contributed by atoms with Crippen LogP contribution in [0.1, 0.15) is 5.56 Å². The van der Waals surface area contributed by atoms with Crippen LogP contribution in [0.4, 0.5) is 5.69 Å². The Labute approximate surface area is 197 Å². The van der Waals surface area contributed by atoms with Crippen molar-refractivity contribution >= 4 is 46.7 Å². The molecule has 0 saturated carbocycles. The minimum Gasteiger partial charge on any atom is -0.402 e. The molecule has 0 atom stereocenters. The third-order valence-corrected chi connectivity index (χ3v) is 5.50. The van der Waals surface area contributed by atoms with Gasteiger partial charge in [-0.25, -0.2) is 9.79 Å². The number of ether oxygens (including phenoxy) is 1. The van der Waals surface area contributed by atoms with Crippen LogP contribution in [0.5, 0.6) is 0 Å². The van der Waals surface area contributed by atoms with Gasteiger partial charge in [-0.3, -0.25) is 10.4 Å². The number of piperazine rings is 1. The number of fused-ring (bicyclic) bond motifs is 1. The van der Waals surface area contributed by atoms with Gasteiger partial charge in [0.25, 0.3) is 0 Å². The number of benzene rings is 2. The molecule has 5 rings (SSSR count). The van der Waals surface area contributed by atoms with Gasteiger partial charge in [-0.05, 0) is 29.0 Å². The molecule has 2 aromatic carbocycles. The quantitative estimate of drug-likeness (QED) is 0.268. The fourth-order valence-corrected chi connectivity index (χ4v) is 3.83. The molecule has 33 heavy (non-hydrogen) atoms. The third kappa shape index (κ3) is 4.80. The number of hydrogen-bond acceptors (Lipinski definition) is 6. The van der Waals surface area contributed by atoms with Crippen LogP contribution in [0.25, 0.3) is 10.8 Å². The summed E-state index contributed by atoms with van der Waals surface area (Å²) in [6, 6.07) is 17.5. The van der Waals surface area contributed by atoms with E-state index < -0.39 is 5.97 Å². The van der Waals surface area contributed by atoms with Crippen LogP contribution in [-0.4, -0.2) is 58.8 Å². The van der Waals surface area contributed by atoms with Crippen molar-refractivity contribution in [1.82, 2.24) is 14.8 Å². The van der Waals surface area contributed by atoms with Crippen LogP contribution in [0, 0.1) is 5.41 Å². The second-order valence-electron chi connectivity index (χ2n) is 7.59. The fourth-order valence-electron chi connectivity index (χ4n) is 3.83. The molecule has 2 aliphatic heterocycles. The molecule has 0 bridgehead atoms. The zero-order chi connectivity index (χ0) is 21.9. The molecule has 2 N–H and O–H groups in total. The van der Waals surface area contributed by atoms with Gasteiger partial charge in [0.2, 0.25) is 5.90 Å². The highest BCUT2D eigenvalue weighted by molar-refractivity contribution is 6.16. The van der Waals surface area contributed by atoms with Crippen LogP contribution in [0.3, 0.4) is 0 Å². The van der Waals surface area contributed by atoms with E-state index in [9.17, 15) is 4.79 Å². The summed E-state index contributed by atoms with van der Waals surface area (Å²) in [4.78, 5) is 25.0. The molecule has 0 amide bonds. The number of esters is 1. The molecule has 1 saturated heterocycles. The van der Waals surface area contributed by atoms with Crippen LogP contribution in [-0.2, 0) is 9.53 Å². The van der Waals surface area contributed by atoms with E-state index in [0.29, 0.717) is 43.7 Å². The van der Waals surface area contributed by atoms with Gasteiger partial charge in [-0.1, -0.05) is 36.4 Å². The Morgan fingerprint density at radius 1 is 1.03 bits per heavy atom. The average Bonchev–Trinajstić information content (AvgIpc) is 3.19. The first-order chi connectivity index (χ1) is 15.7. The van der Waals surface area contributed by atoms with E-state index in [4.69, 9.17) is 10.1 Å². The smallest absolute Gasteiger partial charge is 0.365 e. The number of rotatable bonds is 3. The van der Waals surface area contributed by atoms with E-state index in [1.807, 2.05) is 64.4 Å². The summed E-state index contributed by atoms with van der Waals surface area (Å²) in [7, 11) is 0. The maximum Gasteiger partial charge on any atom is 0.365 e. The molecule has 168 valence electrons. The number of hydrogen-bond donors (Lipinski definition) is 2. The summed E-state index contributed by atoms with van der Waals surface area (Å²) in [5, 5.41) is 13.4. The monoisotopic (exact) mass is 462 g/mol. The summed E-state index contributed by atoms with van der Waals surface area (Å²) in [6.45, 7) is 2.66. The highest BCUT2D eigenvalue weighted by atomic mass is 35.5. The Morgan fingerprint density at radius 2 is 1.82 bits per heavy atom. The number of aliphatic imine (C=N–C) groups is 1. The van der Waals surface area contributed by atoms with Gasteiger partial charge in [0.1, 0.15) is 0 Å². The molecule has 8 nitrogen and oxygen atoms in total. The normalized spacial score (nSPS) is 16.9. The second-order valence-corrected chi connectivity index (χ2v) is 7.59. The Bertz CT molecular complexity index is 1230. The minimum absolute atomic E-state index is 0. The summed E-state index contributed by atoms with van der Waals surface area (Å²) < 4.78 is 5.49. The lowest BCUT2D eigenvalue weighted by Gasteiger charge is -2.35. The van der Waals surface area contributed by atoms with Gasteiger partial charge in [0.15, 0.2) is 11.7 Å². The van der Waals surface area contributed by atoms with Gasteiger partial charge >= 0.3 is 5.97 Å². The first-order valence-corrected chi connectivity index (χ1v) is 10.4. The van der Waals surface area contributed by atoms with E-state index in [-0.39, 0.29) is 12.4 Å². The second kappa shape index (κ2) is 9.70. The number of pyridine rings is 1. The first kappa shape index (κ1) is 22.3. The predicted molar refractivity (Wildman–Crippen MR) is 131 cm³/mol. The number of halogens is 1. The summed E-state index contributed by atoms with van der Waals surface area (Å²) >= 11 is 0. The highest BCUT2D eigenvalue weighted by Gasteiger charge is 2.27. The number of nitrogens with zero attached hydrogens (tertiary/aromatic N) is 4. The zero-order valence-corrected chi connectivity index (χ0v) is 18.6. The predicted octanol–water partition coefficient (Wildman–Crippen LogP) is 3.47. The van der Waals surface area contributed by atoms with Crippen LogP contribution >= 0.6 is 12.4 Å². The molecule has 0 radical (unpaired) electrons. The molecule has 0 unspecified atom stereocenters. The van der Waals surface area contributed by atoms with Gasteiger partial charge < -0.3 is 19.9 Å². The van der Waals surface area contributed by atoms with Crippen LogP contribution < -0.4 is 5.32 Å². The van der Waals surface area contributed by atoms with Crippen molar-refractivity contribution in [2.75, 3.05) is 31.5 Å². The maximum absolute atomic E-state index is 12.5. The molecule has 2 aliphatic rings. The lowest BCUT2D eigenvalue weighted by molar-refractivity contribution is -0.130. The van der Waals surface area contributed by atoms with Gasteiger partial charge in [0, 0.05) is 44.1 Å². The average molecular weight is 463 g/mol. The Morgan fingerprint density at radius 3 is 2.61 bits per heavy atom. The molecule has 1 fully saturated rings. The molecular weight excluding hydrogens is 440 g/mol. The van der Waals surface area contributed by atoms with Gasteiger partial charge in [-0.2, -0.15) is 0 Å². The summed E-state index contributed by atoms with van der Waals surface area (Å²) in [5.41, 5.74) is 1.88. The van der Waals surface area contributed by atoms with E-state index in [1.165, 1.54) is 0 Å². The van der Waals surface area contributed by atoms with Crippen LogP contribution in [0.15, 0.2) is 83.9 Å². The van der Waals surface area contributed by atoms with Crippen LogP contribution in [0.2, 0.25) is 0 Å². The maximum atomic E-state index is 12.5. The van der Waals surface area contributed by atoms with Crippen molar-refractivity contribution in [3.63, 3.8) is 0 Å². The highest BCUT2D eigenvalue weighted by Crippen LogP contribution is 2.24. The van der Waals surface area contributed by atoms with Gasteiger partial charge in [0.05, 0.1) is 11.9 Å². The number of aromatic nitrogens is 1. The molecule has 3 aromatic rings. The van der Waals surface area contributed by atoms with E-state index in [2.05, 4.69) is 15.3 Å². The Kier molecular flexibility index (Phi) is 6.55. The lowest BCUT2D eigenvalue weighted by Crippen LogP contribution is -2.48. The first-order valence-electron chi connectivity index (χ1n) is 10.4. The number of anilines is 1. The zero-order valence-electron chi connectivity index (χ0n) is 17.8. The molecule has 0 aliphatic carbocycles. The lowest BCUT2D eigenvalue weighted by atomic mass is 10.0. The summed E-state index contributed by atoms with van der Waals surface area (Å²) in [5.74, 6) is 0.224. The fraction of sp³-hybridized carbons (Fsp3) is 0.167. The SMILES string of the molecule is Cl.N=C(Nc1cccnc1)N1CCN(/C=C2/N=C(c3cccc4ccccc34)OC2=O)CC1. The summed E-state index contributed by atoms with van der Waals surface area (Å²) in [6.07, 6.45) is 5.14. The Hall–Kier alpha value is -3.91. The van der Waals surface area contributed by atoms with Crippen molar-refractivity contribution in [3.05, 3.63) is 84.5 Å². The van der Waals surface area contributed by atoms with Crippen molar-refractivity contribution in [3.8, 4) is 0 Å². The molecule has 0 spiro atoms. The van der Waals surface area contributed by atoms with E-state index in [1.54, 1.807) is 18.6 Å². The van der Waals surface area contributed by atoms with Crippen molar-refractivity contribution < 1.29 is 9.53 Å². The van der Waals surface area contributed by atoms with E-state index >= 15 is 0 Å². The Balaban J connectivity index is 0.00000259. The number of cyclic esters (lactones) is 1. The topological polar surface area (TPSA) is 93.9 Å². The number of guanidine groups is 1. The minimum atomic E-state index is -0.443. The molecular formula is C24H23ClN6O2. The number of nitrogens with one attached hydrogen (secondary N) is 2. The largest absolute Gasteiger partial charge is 0.402 e.